The summed E-state index contributed by atoms with van der Waals surface area (Å²) < 4.78 is 16.9. The molecule has 3 heterocycles. The number of ether oxygens (including phenoxy) is 1. The number of fused-ring (bicyclic) bond motifs is 1. The minimum atomic E-state index is -0.325. The van der Waals surface area contributed by atoms with Crippen molar-refractivity contribution in [1.29, 1.82) is 0 Å². The average Bonchev–Trinajstić information content (AvgIpc) is 3.22. The Bertz CT molecular complexity index is 1000. The molecule has 0 aliphatic carbocycles. The quantitative estimate of drug-likeness (QED) is 0.703. The van der Waals surface area contributed by atoms with Crippen molar-refractivity contribution in [3.05, 3.63) is 52.9 Å². The number of hydrogen-bond donors (Lipinski definition) is 0. The lowest BCUT2D eigenvalue weighted by molar-refractivity contribution is -0.134. The Hall–Kier alpha value is -3.06. The summed E-state index contributed by atoms with van der Waals surface area (Å²) in [5, 5.41) is 0.398. The van der Waals surface area contributed by atoms with E-state index in [4.69, 9.17) is 13.6 Å². The molecule has 3 aromatic rings. The number of carbonyl (C=O) groups excluding carboxylic acids is 1. The zero-order valence-electron chi connectivity index (χ0n) is 15.0. The first kappa shape index (κ1) is 17.4. The topological polar surface area (TPSA) is 76.1 Å². The van der Waals surface area contributed by atoms with Crippen molar-refractivity contribution in [2.24, 2.45) is 0 Å². The second kappa shape index (κ2) is 7.28. The highest BCUT2D eigenvalue weighted by Gasteiger charge is 2.23. The number of nitrogens with zero attached hydrogens (tertiary/aromatic N) is 2. The van der Waals surface area contributed by atoms with Crippen LogP contribution in [0.4, 0.5) is 0 Å². The number of rotatable bonds is 4. The van der Waals surface area contributed by atoms with Crippen LogP contribution in [0.5, 0.6) is 5.75 Å². The Morgan fingerprint density at radius 3 is 2.63 bits per heavy atom. The number of carbonyl (C=O) groups is 1. The van der Waals surface area contributed by atoms with Crippen LogP contribution in [0.25, 0.3) is 22.5 Å². The third kappa shape index (κ3) is 3.46. The van der Waals surface area contributed by atoms with Crippen LogP contribution in [-0.2, 0) is 4.79 Å². The van der Waals surface area contributed by atoms with Crippen LogP contribution in [0.15, 0.2) is 56.3 Å². The first-order valence-electron chi connectivity index (χ1n) is 8.82. The van der Waals surface area contributed by atoms with Crippen molar-refractivity contribution in [2.45, 2.75) is 0 Å². The van der Waals surface area contributed by atoms with Gasteiger partial charge in [-0.2, -0.15) is 0 Å². The van der Waals surface area contributed by atoms with E-state index in [0.29, 0.717) is 29.8 Å². The van der Waals surface area contributed by atoms with Crippen molar-refractivity contribution in [2.75, 3.05) is 39.8 Å². The fourth-order valence-corrected chi connectivity index (χ4v) is 3.11. The molecule has 0 saturated carbocycles. The molecule has 2 aromatic heterocycles. The third-order valence-corrected chi connectivity index (χ3v) is 4.70. The lowest BCUT2D eigenvalue weighted by Gasteiger charge is -2.32. The van der Waals surface area contributed by atoms with Crippen LogP contribution in [0.3, 0.4) is 0 Å². The van der Waals surface area contributed by atoms with Gasteiger partial charge in [0.2, 0.25) is 16.9 Å². The molecule has 1 amide bonds. The predicted molar refractivity (Wildman–Crippen MR) is 99.8 cm³/mol. The molecule has 1 fully saturated rings. The summed E-state index contributed by atoms with van der Waals surface area (Å²) in [4.78, 5) is 29.3. The molecular formula is C20H20N2O5. The van der Waals surface area contributed by atoms with Gasteiger partial charge in [0.05, 0.1) is 11.6 Å². The van der Waals surface area contributed by atoms with Gasteiger partial charge in [-0.15, -0.1) is 0 Å². The number of benzene rings is 1. The number of piperazine rings is 1. The molecule has 1 aliphatic rings. The standard InChI is InChI=1S/C20H20N2O5/c1-21-8-10-22(11-9-21)17(23)13-26-20-18(24)14-5-2-3-6-15(14)27-19(20)16-7-4-12-25-16/h2-7,12H,8-11,13H2,1H3. The van der Waals surface area contributed by atoms with Crippen LogP contribution in [0.2, 0.25) is 0 Å². The first-order valence-corrected chi connectivity index (χ1v) is 8.82. The average molecular weight is 368 g/mol. The van der Waals surface area contributed by atoms with E-state index in [2.05, 4.69) is 4.90 Å². The number of para-hydroxylation sites is 1. The summed E-state index contributed by atoms with van der Waals surface area (Å²) >= 11 is 0. The van der Waals surface area contributed by atoms with Crippen molar-refractivity contribution >= 4 is 16.9 Å². The predicted octanol–water partition coefficient (Wildman–Crippen LogP) is 2.21. The maximum atomic E-state index is 12.9. The van der Waals surface area contributed by atoms with Crippen molar-refractivity contribution in [1.82, 2.24) is 9.80 Å². The van der Waals surface area contributed by atoms with Gasteiger partial charge < -0.3 is 23.4 Å². The maximum Gasteiger partial charge on any atom is 0.260 e. The Morgan fingerprint density at radius 2 is 1.89 bits per heavy atom. The fraction of sp³-hybridized carbons (Fsp3) is 0.300. The molecule has 140 valence electrons. The molecule has 0 radical (unpaired) electrons. The highest BCUT2D eigenvalue weighted by atomic mass is 16.5. The third-order valence-electron chi connectivity index (χ3n) is 4.70. The Morgan fingerprint density at radius 1 is 1.11 bits per heavy atom. The molecular weight excluding hydrogens is 348 g/mol. The summed E-state index contributed by atoms with van der Waals surface area (Å²) in [6.45, 7) is 2.72. The lowest BCUT2D eigenvalue weighted by Crippen LogP contribution is -2.48. The van der Waals surface area contributed by atoms with E-state index in [1.807, 2.05) is 7.05 Å². The van der Waals surface area contributed by atoms with Crippen molar-refractivity contribution in [3.8, 4) is 17.3 Å². The van der Waals surface area contributed by atoms with E-state index < -0.39 is 0 Å². The second-order valence-corrected chi connectivity index (χ2v) is 6.54. The fourth-order valence-electron chi connectivity index (χ4n) is 3.11. The first-order chi connectivity index (χ1) is 13.1. The highest BCUT2D eigenvalue weighted by molar-refractivity contribution is 5.82. The monoisotopic (exact) mass is 368 g/mol. The molecule has 7 nitrogen and oxygen atoms in total. The van der Waals surface area contributed by atoms with Gasteiger partial charge in [0.15, 0.2) is 12.4 Å². The van der Waals surface area contributed by atoms with Crippen molar-refractivity contribution < 1.29 is 18.4 Å². The molecule has 0 spiro atoms. The van der Waals surface area contributed by atoms with Crippen LogP contribution >= 0.6 is 0 Å². The Balaban J connectivity index is 1.64. The van der Waals surface area contributed by atoms with E-state index >= 15 is 0 Å². The smallest absolute Gasteiger partial charge is 0.260 e. The van der Waals surface area contributed by atoms with E-state index in [1.165, 1.54) is 6.26 Å². The SMILES string of the molecule is CN1CCN(C(=O)COc2c(-c3ccco3)oc3ccccc3c2=O)CC1. The largest absolute Gasteiger partial charge is 0.476 e. The van der Waals surface area contributed by atoms with E-state index in [0.717, 1.165) is 13.1 Å². The molecule has 0 N–H and O–H groups in total. The molecule has 7 heteroatoms. The molecule has 1 aromatic carbocycles. The molecule has 27 heavy (non-hydrogen) atoms. The number of furan rings is 1. The van der Waals surface area contributed by atoms with E-state index in [9.17, 15) is 9.59 Å². The normalized spacial score (nSPS) is 15.2. The zero-order chi connectivity index (χ0) is 18.8. The highest BCUT2D eigenvalue weighted by Crippen LogP contribution is 2.31. The van der Waals surface area contributed by atoms with Gasteiger partial charge in [-0.05, 0) is 31.3 Å². The van der Waals surface area contributed by atoms with Gasteiger partial charge >= 0.3 is 0 Å². The molecule has 0 atom stereocenters. The van der Waals surface area contributed by atoms with E-state index in [-0.39, 0.29) is 29.5 Å². The summed E-state index contributed by atoms with van der Waals surface area (Å²) in [6, 6.07) is 10.3. The Kier molecular flexibility index (Phi) is 4.68. The number of amides is 1. The zero-order valence-corrected chi connectivity index (χ0v) is 15.0. The molecule has 1 aliphatic heterocycles. The molecule has 1 saturated heterocycles. The minimum absolute atomic E-state index is 0.00822. The molecule has 0 unspecified atom stereocenters. The van der Waals surface area contributed by atoms with Gasteiger partial charge in [-0.25, -0.2) is 0 Å². The van der Waals surface area contributed by atoms with Crippen LogP contribution in [0.1, 0.15) is 0 Å². The molecule has 4 rings (SSSR count). The maximum absolute atomic E-state index is 12.9. The van der Waals surface area contributed by atoms with E-state index in [1.54, 1.807) is 41.3 Å². The van der Waals surface area contributed by atoms with Gasteiger partial charge in [0, 0.05) is 26.2 Å². The summed E-state index contributed by atoms with van der Waals surface area (Å²) in [5.74, 6) is 0.405. The summed E-state index contributed by atoms with van der Waals surface area (Å²) in [7, 11) is 2.02. The summed E-state index contributed by atoms with van der Waals surface area (Å²) in [6.07, 6.45) is 1.49. The summed E-state index contributed by atoms with van der Waals surface area (Å²) in [5.41, 5.74) is 0.112. The van der Waals surface area contributed by atoms with Crippen LogP contribution < -0.4 is 10.2 Å². The number of hydrogen-bond acceptors (Lipinski definition) is 6. The van der Waals surface area contributed by atoms with Gasteiger partial charge in [-0.3, -0.25) is 9.59 Å². The van der Waals surface area contributed by atoms with Crippen LogP contribution in [0, 0.1) is 0 Å². The van der Waals surface area contributed by atoms with Gasteiger partial charge in [-0.1, -0.05) is 12.1 Å². The lowest BCUT2D eigenvalue weighted by atomic mass is 10.2. The van der Waals surface area contributed by atoms with Gasteiger partial charge in [0.1, 0.15) is 5.58 Å². The van der Waals surface area contributed by atoms with Gasteiger partial charge in [0.25, 0.3) is 5.91 Å². The molecule has 0 bridgehead atoms. The minimum Gasteiger partial charge on any atom is -0.476 e. The van der Waals surface area contributed by atoms with Crippen molar-refractivity contribution in [3.63, 3.8) is 0 Å². The Labute approximate surface area is 155 Å². The number of likely N-dealkylation sites (N-methyl/N-ethyl adjacent to an activating group) is 1. The second-order valence-electron chi connectivity index (χ2n) is 6.54. The van der Waals surface area contributed by atoms with Crippen LogP contribution in [-0.4, -0.2) is 55.5 Å².